The average Bonchev–Trinajstić information content (AvgIpc) is 3.06. The summed E-state index contributed by atoms with van der Waals surface area (Å²) in [6, 6.07) is 27.8. The van der Waals surface area contributed by atoms with E-state index in [1.807, 2.05) is 63.2 Å². The molecule has 4 rings (SSSR count). The molecule has 0 fully saturated rings. The molecule has 0 aliphatic rings. The van der Waals surface area contributed by atoms with Crippen molar-refractivity contribution in [1.82, 2.24) is 10.2 Å². The molecule has 242 valence electrons. The molecule has 4 aromatic carbocycles. The normalized spacial score (nSPS) is 11.9. The van der Waals surface area contributed by atoms with Gasteiger partial charge in [0, 0.05) is 19.5 Å². The highest BCUT2D eigenvalue weighted by molar-refractivity contribution is 7.92. The molecule has 2 amide bonds. The van der Waals surface area contributed by atoms with Crippen molar-refractivity contribution in [2.45, 2.75) is 63.9 Å². The van der Waals surface area contributed by atoms with Crippen LogP contribution in [-0.4, -0.2) is 44.3 Å². The number of benzene rings is 4. The van der Waals surface area contributed by atoms with Gasteiger partial charge in [0.05, 0.1) is 10.6 Å². The van der Waals surface area contributed by atoms with E-state index in [-0.39, 0.29) is 23.8 Å². The molecule has 0 unspecified atom stereocenters. The van der Waals surface area contributed by atoms with Gasteiger partial charge in [0.1, 0.15) is 18.4 Å². The van der Waals surface area contributed by atoms with Crippen LogP contribution in [0, 0.1) is 12.7 Å². The number of anilines is 1. The SMILES string of the molecule is CCCCNC(=O)[C@@H](Cc1ccccc1)N(Cc1ccc(F)cc1)C(=O)CN(c1ccccc1CC)S(=O)(=O)c1ccc(C)cc1. The summed E-state index contributed by atoms with van der Waals surface area (Å²) in [4.78, 5) is 29.9. The van der Waals surface area contributed by atoms with E-state index in [1.165, 1.54) is 29.2 Å². The topological polar surface area (TPSA) is 86.8 Å². The first-order chi connectivity index (χ1) is 22.1. The second-order valence-corrected chi connectivity index (χ2v) is 13.2. The number of nitrogens with zero attached hydrogens (tertiary/aromatic N) is 2. The van der Waals surface area contributed by atoms with E-state index in [2.05, 4.69) is 5.32 Å². The van der Waals surface area contributed by atoms with Crippen LogP contribution in [0.15, 0.2) is 108 Å². The summed E-state index contributed by atoms with van der Waals surface area (Å²) in [7, 11) is -4.20. The number of unbranched alkanes of at least 4 members (excludes halogenated alkanes) is 1. The van der Waals surface area contributed by atoms with E-state index in [1.54, 1.807) is 36.4 Å². The van der Waals surface area contributed by atoms with Crippen LogP contribution in [0.4, 0.5) is 10.1 Å². The molecule has 4 aromatic rings. The number of halogens is 1. The minimum atomic E-state index is -4.20. The van der Waals surface area contributed by atoms with Crippen molar-refractivity contribution in [3.63, 3.8) is 0 Å². The summed E-state index contributed by atoms with van der Waals surface area (Å²) >= 11 is 0. The first-order valence-electron chi connectivity index (χ1n) is 15.7. The molecule has 1 N–H and O–H groups in total. The highest BCUT2D eigenvalue weighted by atomic mass is 32.2. The fourth-order valence-corrected chi connectivity index (χ4v) is 6.70. The summed E-state index contributed by atoms with van der Waals surface area (Å²) in [5.41, 5.74) is 3.51. The number of aryl methyl sites for hydroxylation is 2. The zero-order valence-corrected chi connectivity index (χ0v) is 27.5. The molecule has 0 saturated carbocycles. The van der Waals surface area contributed by atoms with Crippen LogP contribution in [0.5, 0.6) is 0 Å². The van der Waals surface area contributed by atoms with Crippen molar-refractivity contribution < 1.29 is 22.4 Å². The minimum absolute atomic E-state index is 0.0222. The van der Waals surface area contributed by atoms with Crippen LogP contribution in [0.25, 0.3) is 0 Å². The highest BCUT2D eigenvalue weighted by Crippen LogP contribution is 2.29. The number of hydrogen-bond donors (Lipinski definition) is 1. The molecule has 0 bridgehead atoms. The van der Waals surface area contributed by atoms with Crippen LogP contribution in [-0.2, 0) is 39.0 Å². The quantitative estimate of drug-likeness (QED) is 0.151. The third-order valence-electron chi connectivity index (χ3n) is 7.90. The van der Waals surface area contributed by atoms with Crippen molar-refractivity contribution >= 4 is 27.5 Å². The van der Waals surface area contributed by atoms with Gasteiger partial charge < -0.3 is 10.2 Å². The second kappa shape index (κ2) is 16.2. The lowest BCUT2D eigenvalue weighted by molar-refractivity contribution is -0.140. The Balaban J connectivity index is 1.81. The molecule has 0 aliphatic heterocycles. The average molecular weight is 644 g/mol. The first-order valence-corrected chi connectivity index (χ1v) is 17.1. The van der Waals surface area contributed by atoms with Gasteiger partial charge in [-0.2, -0.15) is 0 Å². The van der Waals surface area contributed by atoms with Crippen LogP contribution >= 0.6 is 0 Å². The van der Waals surface area contributed by atoms with E-state index >= 15 is 0 Å². The zero-order chi connectivity index (χ0) is 33.1. The van der Waals surface area contributed by atoms with Gasteiger partial charge in [-0.25, -0.2) is 12.8 Å². The summed E-state index contributed by atoms with van der Waals surface area (Å²) < 4.78 is 43.5. The highest BCUT2D eigenvalue weighted by Gasteiger charge is 2.35. The van der Waals surface area contributed by atoms with Gasteiger partial charge in [0.15, 0.2) is 0 Å². The first kappa shape index (κ1) is 34.4. The van der Waals surface area contributed by atoms with Gasteiger partial charge >= 0.3 is 0 Å². The summed E-state index contributed by atoms with van der Waals surface area (Å²) in [6.45, 7) is 5.70. The van der Waals surface area contributed by atoms with Crippen molar-refractivity contribution in [1.29, 1.82) is 0 Å². The Morgan fingerprint density at radius 2 is 1.48 bits per heavy atom. The lowest BCUT2D eigenvalue weighted by atomic mass is 10.0. The third-order valence-corrected chi connectivity index (χ3v) is 9.67. The Morgan fingerprint density at radius 3 is 2.13 bits per heavy atom. The lowest BCUT2D eigenvalue weighted by Crippen LogP contribution is -2.53. The lowest BCUT2D eigenvalue weighted by Gasteiger charge is -2.34. The van der Waals surface area contributed by atoms with Crippen LogP contribution in [0.2, 0.25) is 0 Å². The molecule has 0 heterocycles. The number of rotatable bonds is 15. The number of carbonyl (C=O) groups is 2. The molecule has 1 atom stereocenters. The maximum atomic E-state index is 14.6. The fourth-order valence-electron chi connectivity index (χ4n) is 5.25. The van der Waals surface area contributed by atoms with E-state index in [0.717, 1.165) is 33.8 Å². The van der Waals surface area contributed by atoms with Gasteiger partial charge in [-0.1, -0.05) is 98.6 Å². The molecule has 0 radical (unpaired) electrons. The predicted octanol–water partition coefficient (Wildman–Crippen LogP) is 6.45. The molecular formula is C37H42FN3O4S. The number of sulfonamides is 1. The Bertz CT molecular complexity index is 1700. The standard InChI is InChI=1S/C37H42FN3O4S/c1-4-6-24-39-37(43)35(25-29-12-8-7-9-13-29)40(26-30-18-20-32(38)21-19-30)36(42)27-41(34-15-11-10-14-31(34)5-2)46(44,45)33-22-16-28(3)17-23-33/h7-23,35H,4-6,24-27H2,1-3H3,(H,39,43)/t35-/m1/s1. The van der Waals surface area contributed by atoms with Crippen LogP contribution in [0.1, 0.15) is 48.9 Å². The molecule has 9 heteroatoms. The van der Waals surface area contributed by atoms with E-state index in [9.17, 15) is 22.4 Å². The molecule has 46 heavy (non-hydrogen) atoms. The Hall–Kier alpha value is -4.50. The van der Waals surface area contributed by atoms with Crippen molar-refractivity contribution in [2.24, 2.45) is 0 Å². The molecular weight excluding hydrogens is 601 g/mol. The smallest absolute Gasteiger partial charge is 0.264 e. The van der Waals surface area contributed by atoms with Gasteiger partial charge in [-0.15, -0.1) is 0 Å². The summed E-state index contributed by atoms with van der Waals surface area (Å²) in [6.07, 6.45) is 2.40. The Kier molecular flexibility index (Phi) is 12.1. The molecule has 0 saturated heterocycles. The van der Waals surface area contributed by atoms with Crippen LogP contribution < -0.4 is 9.62 Å². The number of nitrogens with one attached hydrogen (secondary N) is 1. The molecule has 0 aromatic heterocycles. The minimum Gasteiger partial charge on any atom is -0.354 e. The number of carbonyl (C=O) groups excluding carboxylic acids is 2. The van der Waals surface area contributed by atoms with Crippen molar-refractivity contribution in [3.8, 4) is 0 Å². The molecule has 0 spiro atoms. The number of hydrogen-bond acceptors (Lipinski definition) is 4. The fraction of sp³-hybridized carbons (Fsp3) is 0.297. The monoisotopic (exact) mass is 643 g/mol. The molecule has 0 aliphatic carbocycles. The van der Waals surface area contributed by atoms with Crippen molar-refractivity contribution in [3.05, 3.63) is 131 Å². The van der Waals surface area contributed by atoms with E-state index in [0.29, 0.717) is 24.2 Å². The molecule has 7 nitrogen and oxygen atoms in total. The Labute approximate surface area is 272 Å². The van der Waals surface area contributed by atoms with Gasteiger partial charge in [-0.05, 0) is 66.8 Å². The van der Waals surface area contributed by atoms with Crippen molar-refractivity contribution in [2.75, 3.05) is 17.4 Å². The largest absolute Gasteiger partial charge is 0.354 e. The second-order valence-electron chi connectivity index (χ2n) is 11.3. The zero-order valence-electron chi connectivity index (χ0n) is 26.7. The van der Waals surface area contributed by atoms with Gasteiger partial charge in [0.2, 0.25) is 11.8 Å². The van der Waals surface area contributed by atoms with Gasteiger partial charge in [0.25, 0.3) is 10.0 Å². The summed E-state index contributed by atoms with van der Waals surface area (Å²) in [5.74, 6) is -1.32. The number of amides is 2. The maximum absolute atomic E-state index is 14.6. The van der Waals surface area contributed by atoms with E-state index < -0.39 is 34.3 Å². The number of para-hydroxylation sites is 1. The predicted molar refractivity (Wildman–Crippen MR) is 180 cm³/mol. The van der Waals surface area contributed by atoms with Crippen LogP contribution in [0.3, 0.4) is 0 Å². The summed E-state index contributed by atoms with van der Waals surface area (Å²) in [5, 5.41) is 2.97. The van der Waals surface area contributed by atoms with E-state index in [4.69, 9.17) is 0 Å². The Morgan fingerprint density at radius 1 is 0.826 bits per heavy atom. The van der Waals surface area contributed by atoms with Gasteiger partial charge in [-0.3, -0.25) is 13.9 Å². The third kappa shape index (κ3) is 8.81. The maximum Gasteiger partial charge on any atom is 0.264 e.